The lowest BCUT2D eigenvalue weighted by Crippen LogP contribution is -2.15. The molecule has 0 radical (unpaired) electrons. The molecule has 1 aliphatic heterocycles. The van der Waals surface area contributed by atoms with E-state index in [2.05, 4.69) is 25.5 Å². The summed E-state index contributed by atoms with van der Waals surface area (Å²) < 4.78 is 2.26. The van der Waals surface area contributed by atoms with Gasteiger partial charge in [0.2, 0.25) is 0 Å². The van der Waals surface area contributed by atoms with Crippen LogP contribution in [-0.4, -0.2) is 14.9 Å². The zero-order valence-corrected chi connectivity index (χ0v) is 7.92. The Bertz CT molecular complexity index is 244. The molecule has 11 heavy (non-hydrogen) atoms. The molecule has 2 rings (SSSR count). The largest absolute Gasteiger partial charge is 0.334 e. The summed E-state index contributed by atoms with van der Waals surface area (Å²) in [4.78, 5) is 4.14. The maximum Gasteiger partial charge on any atom is 0.0948 e. The van der Waals surface area contributed by atoms with E-state index in [1.807, 2.05) is 12.5 Å². The Morgan fingerprint density at radius 2 is 2.64 bits per heavy atom. The zero-order chi connectivity index (χ0) is 7.68. The highest BCUT2D eigenvalue weighted by Crippen LogP contribution is 2.27. The maximum atomic E-state index is 4.14. The van der Waals surface area contributed by atoms with E-state index in [-0.39, 0.29) is 0 Å². The fraction of sp³-hybridized carbons (Fsp3) is 0.625. The van der Waals surface area contributed by atoms with Crippen molar-refractivity contribution in [2.75, 3.05) is 5.33 Å². The molecule has 0 aromatic carbocycles. The molecule has 60 valence electrons. The van der Waals surface area contributed by atoms with Crippen molar-refractivity contribution in [3.8, 4) is 0 Å². The van der Waals surface area contributed by atoms with E-state index >= 15 is 0 Å². The monoisotopic (exact) mass is 214 g/mol. The van der Waals surface area contributed by atoms with Crippen LogP contribution in [0.4, 0.5) is 0 Å². The number of hydrogen-bond acceptors (Lipinski definition) is 1. The molecule has 0 amide bonds. The van der Waals surface area contributed by atoms with Crippen molar-refractivity contribution in [3.05, 3.63) is 18.2 Å². The van der Waals surface area contributed by atoms with E-state index in [1.165, 1.54) is 18.5 Å². The number of aryl methyl sites for hydroxylation is 1. The molecule has 0 saturated heterocycles. The number of alkyl halides is 1. The van der Waals surface area contributed by atoms with Crippen LogP contribution in [0.1, 0.15) is 24.5 Å². The predicted molar refractivity (Wildman–Crippen MR) is 48.0 cm³/mol. The number of rotatable bonds is 1. The molecule has 1 aromatic rings. The van der Waals surface area contributed by atoms with Crippen LogP contribution in [0.5, 0.6) is 0 Å². The lowest BCUT2D eigenvalue weighted by molar-refractivity contribution is 0.480. The Balaban J connectivity index is 2.32. The molecule has 0 fully saturated rings. The normalized spacial score (nSPS) is 23.2. The number of nitrogens with zero attached hydrogens (tertiary/aromatic N) is 2. The fourth-order valence-corrected chi connectivity index (χ4v) is 2.33. The van der Waals surface area contributed by atoms with E-state index in [1.54, 1.807) is 0 Å². The standard InChI is InChI=1S/C8H11BrN2/c9-4-7-2-1-3-11-6-10-5-8(7)11/h5-7H,1-4H2. The molecule has 1 unspecified atom stereocenters. The van der Waals surface area contributed by atoms with Gasteiger partial charge in [0.05, 0.1) is 6.33 Å². The molecule has 1 aromatic heterocycles. The van der Waals surface area contributed by atoms with Crippen molar-refractivity contribution in [3.63, 3.8) is 0 Å². The molecule has 3 heteroatoms. The van der Waals surface area contributed by atoms with Crippen LogP contribution < -0.4 is 0 Å². The van der Waals surface area contributed by atoms with Gasteiger partial charge in [-0.25, -0.2) is 4.98 Å². The average molecular weight is 215 g/mol. The minimum Gasteiger partial charge on any atom is -0.334 e. The number of fused-ring (bicyclic) bond motifs is 1. The van der Waals surface area contributed by atoms with Gasteiger partial charge in [-0.05, 0) is 12.8 Å². The number of hydrogen-bond donors (Lipinski definition) is 0. The summed E-state index contributed by atoms with van der Waals surface area (Å²) in [6.45, 7) is 1.15. The minimum atomic E-state index is 0.686. The Morgan fingerprint density at radius 3 is 3.45 bits per heavy atom. The first-order chi connectivity index (χ1) is 5.42. The molecule has 0 bridgehead atoms. The lowest BCUT2D eigenvalue weighted by Gasteiger charge is -2.21. The zero-order valence-electron chi connectivity index (χ0n) is 6.33. The topological polar surface area (TPSA) is 17.8 Å². The molecule has 0 N–H and O–H groups in total. The van der Waals surface area contributed by atoms with Gasteiger partial charge >= 0.3 is 0 Å². The predicted octanol–water partition coefficient (Wildman–Crippen LogP) is 2.16. The molecule has 2 nitrogen and oxygen atoms in total. The van der Waals surface area contributed by atoms with Crippen LogP contribution in [0.15, 0.2) is 12.5 Å². The molecule has 0 spiro atoms. The van der Waals surface area contributed by atoms with Gasteiger partial charge in [0.15, 0.2) is 0 Å². The fourth-order valence-electron chi connectivity index (χ4n) is 1.67. The Hall–Kier alpha value is -0.310. The van der Waals surface area contributed by atoms with Gasteiger partial charge in [-0.3, -0.25) is 0 Å². The first kappa shape index (κ1) is 7.35. The molecule has 2 heterocycles. The van der Waals surface area contributed by atoms with E-state index in [0.717, 1.165) is 11.9 Å². The van der Waals surface area contributed by atoms with Crippen molar-refractivity contribution in [1.82, 2.24) is 9.55 Å². The highest BCUT2D eigenvalue weighted by Gasteiger charge is 2.18. The molecule has 1 aliphatic rings. The van der Waals surface area contributed by atoms with Crippen molar-refractivity contribution >= 4 is 15.9 Å². The van der Waals surface area contributed by atoms with Crippen LogP contribution in [0, 0.1) is 0 Å². The number of imidazole rings is 1. The van der Waals surface area contributed by atoms with Gasteiger partial charge in [-0.2, -0.15) is 0 Å². The van der Waals surface area contributed by atoms with E-state index in [9.17, 15) is 0 Å². The SMILES string of the molecule is BrCC1CCCn2cncc21. The van der Waals surface area contributed by atoms with Crippen LogP contribution in [0.3, 0.4) is 0 Å². The second-order valence-electron chi connectivity index (χ2n) is 3.01. The number of halogens is 1. The van der Waals surface area contributed by atoms with Gasteiger partial charge < -0.3 is 4.57 Å². The molecular weight excluding hydrogens is 204 g/mol. The summed E-state index contributed by atoms with van der Waals surface area (Å²) in [7, 11) is 0. The summed E-state index contributed by atoms with van der Waals surface area (Å²) in [6.07, 6.45) is 6.52. The van der Waals surface area contributed by atoms with E-state index in [0.29, 0.717) is 5.92 Å². The van der Waals surface area contributed by atoms with Crippen LogP contribution in [0.25, 0.3) is 0 Å². The van der Waals surface area contributed by atoms with Crippen LogP contribution in [-0.2, 0) is 6.54 Å². The van der Waals surface area contributed by atoms with Crippen LogP contribution >= 0.6 is 15.9 Å². The minimum absolute atomic E-state index is 0.686. The Kier molecular flexibility index (Phi) is 1.98. The highest BCUT2D eigenvalue weighted by atomic mass is 79.9. The third-order valence-electron chi connectivity index (χ3n) is 2.30. The summed E-state index contributed by atoms with van der Waals surface area (Å²) >= 11 is 3.52. The summed E-state index contributed by atoms with van der Waals surface area (Å²) in [6, 6.07) is 0. The Labute approximate surface area is 74.8 Å². The van der Waals surface area contributed by atoms with Gasteiger partial charge in [0.25, 0.3) is 0 Å². The van der Waals surface area contributed by atoms with Crippen molar-refractivity contribution in [1.29, 1.82) is 0 Å². The van der Waals surface area contributed by atoms with Crippen LogP contribution in [0.2, 0.25) is 0 Å². The Morgan fingerprint density at radius 1 is 1.73 bits per heavy atom. The molecule has 0 aliphatic carbocycles. The van der Waals surface area contributed by atoms with E-state index < -0.39 is 0 Å². The smallest absolute Gasteiger partial charge is 0.0948 e. The third-order valence-corrected chi connectivity index (χ3v) is 3.08. The quantitative estimate of drug-likeness (QED) is 0.656. The molecule has 0 saturated carbocycles. The summed E-state index contributed by atoms with van der Waals surface area (Å²) in [5.41, 5.74) is 1.40. The summed E-state index contributed by atoms with van der Waals surface area (Å²) in [5, 5.41) is 1.07. The highest BCUT2D eigenvalue weighted by molar-refractivity contribution is 9.09. The van der Waals surface area contributed by atoms with Crippen molar-refractivity contribution < 1.29 is 0 Å². The molecule has 1 atom stereocenters. The number of aromatic nitrogens is 2. The maximum absolute atomic E-state index is 4.14. The first-order valence-electron chi connectivity index (χ1n) is 3.98. The lowest BCUT2D eigenvalue weighted by atomic mass is 9.99. The second-order valence-corrected chi connectivity index (χ2v) is 3.65. The van der Waals surface area contributed by atoms with Crippen molar-refractivity contribution in [2.24, 2.45) is 0 Å². The average Bonchev–Trinajstić information content (AvgIpc) is 2.50. The van der Waals surface area contributed by atoms with Gasteiger partial charge in [-0.15, -0.1) is 0 Å². The third kappa shape index (κ3) is 1.22. The van der Waals surface area contributed by atoms with Gasteiger partial charge in [0, 0.05) is 29.7 Å². The van der Waals surface area contributed by atoms with E-state index in [4.69, 9.17) is 0 Å². The summed E-state index contributed by atoms with van der Waals surface area (Å²) in [5.74, 6) is 0.686. The van der Waals surface area contributed by atoms with Crippen molar-refractivity contribution in [2.45, 2.75) is 25.3 Å². The van der Waals surface area contributed by atoms with Gasteiger partial charge in [0.1, 0.15) is 0 Å². The second kappa shape index (κ2) is 2.97. The first-order valence-corrected chi connectivity index (χ1v) is 5.10. The molecular formula is C8H11BrN2. The van der Waals surface area contributed by atoms with Gasteiger partial charge in [-0.1, -0.05) is 15.9 Å².